The maximum absolute atomic E-state index is 10.6. The third-order valence-electron chi connectivity index (χ3n) is 11.2. The van der Waals surface area contributed by atoms with Crippen LogP contribution in [-0.2, 0) is 0 Å². The number of nitrogens with zero attached hydrogens (tertiary/aromatic N) is 3. The van der Waals surface area contributed by atoms with Crippen LogP contribution >= 0.6 is 0 Å². The lowest BCUT2D eigenvalue weighted by Gasteiger charge is -2.16. The Morgan fingerprint density at radius 2 is 0.907 bits per heavy atom. The van der Waals surface area contributed by atoms with Gasteiger partial charge in [0.05, 0.1) is 33.3 Å². The maximum atomic E-state index is 10.6. The molecule has 54 heavy (non-hydrogen) atoms. The van der Waals surface area contributed by atoms with Gasteiger partial charge in [-0.05, 0) is 60.2 Å². The van der Waals surface area contributed by atoms with Crippen molar-refractivity contribution in [2.45, 2.75) is 0 Å². The highest BCUT2D eigenvalue weighted by atomic mass is 16.3. The Morgan fingerprint density at radius 3 is 1.50 bits per heavy atom. The van der Waals surface area contributed by atoms with Crippen LogP contribution in [0.5, 0.6) is 0 Å². The second-order valence-corrected chi connectivity index (χ2v) is 14.0. The van der Waals surface area contributed by atoms with Crippen molar-refractivity contribution in [3.05, 3.63) is 169 Å². The third-order valence-corrected chi connectivity index (χ3v) is 11.2. The number of fused-ring (bicyclic) bond motifs is 12. The summed E-state index contributed by atoms with van der Waals surface area (Å²) in [5.74, 6) is 0. The van der Waals surface area contributed by atoms with E-state index in [4.69, 9.17) is 8.83 Å². The zero-order valence-corrected chi connectivity index (χ0v) is 28.7. The molecular weight excluding hydrogens is 663 g/mol. The molecule has 0 aliphatic heterocycles. The van der Waals surface area contributed by atoms with Gasteiger partial charge in [0.15, 0.2) is 0 Å². The van der Waals surface area contributed by atoms with Crippen molar-refractivity contribution in [1.82, 2.24) is 9.13 Å². The number of hydrogen-bond acceptors (Lipinski definition) is 3. The number of aromatic nitrogens is 2. The Labute approximate surface area is 307 Å². The van der Waals surface area contributed by atoms with Crippen molar-refractivity contribution in [1.29, 1.82) is 5.26 Å². The second kappa shape index (κ2) is 10.7. The first-order valence-corrected chi connectivity index (χ1v) is 18.1. The Bertz CT molecular complexity index is 3570. The molecule has 8 aromatic carbocycles. The Balaban J connectivity index is 1.07. The lowest BCUT2D eigenvalue weighted by Crippen LogP contribution is -2.01. The molecule has 0 bridgehead atoms. The minimum Gasteiger partial charge on any atom is -0.456 e. The zero-order valence-electron chi connectivity index (χ0n) is 28.7. The summed E-state index contributed by atoms with van der Waals surface area (Å²) in [6.07, 6.45) is 0. The van der Waals surface area contributed by atoms with Crippen LogP contribution in [0.3, 0.4) is 0 Å². The third kappa shape index (κ3) is 3.91. The van der Waals surface area contributed by atoms with Gasteiger partial charge in [-0.2, -0.15) is 5.26 Å². The number of nitriles is 1. The van der Waals surface area contributed by atoms with Crippen LogP contribution in [0.25, 0.3) is 110 Å². The van der Waals surface area contributed by atoms with Gasteiger partial charge in [0.1, 0.15) is 28.4 Å². The molecule has 0 amide bonds. The molecule has 0 atom stereocenters. The molecule has 0 N–H and O–H groups in total. The van der Waals surface area contributed by atoms with Crippen molar-refractivity contribution in [2.75, 3.05) is 0 Å². The summed E-state index contributed by atoms with van der Waals surface area (Å²) in [5, 5.41) is 19.6. The van der Waals surface area contributed by atoms with E-state index in [2.05, 4.69) is 137 Å². The topological polar surface area (TPSA) is 59.9 Å². The molecule has 0 unspecified atom stereocenters. The first-order chi connectivity index (χ1) is 26.7. The molecule has 4 aromatic heterocycles. The van der Waals surface area contributed by atoms with E-state index >= 15 is 0 Å². The summed E-state index contributed by atoms with van der Waals surface area (Å²) in [4.78, 5) is 0. The maximum Gasteiger partial charge on any atom is 0.137 e. The van der Waals surface area contributed by atoms with Gasteiger partial charge in [0, 0.05) is 66.5 Å². The fraction of sp³-hybridized carbons (Fsp3) is 0. The van der Waals surface area contributed by atoms with Gasteiger partial charge >= 0.3 is 0 Å². The number of furan rings is 2. The zero-order chi connectivity index (χ0) is 35.5. The van der Waals surface area contributed by atoms with Crippen LogP contribution in [0.4, 0.5) is 0 Å². The lowest BCUT2D eigenvalue weighted by atomic mass is 9.99. The first-order valence-electron chi connectivity index (χ1n) is 18.1. The molecule has 12 rings (SSSR count). The fourth-order valence-electron chi connectivity index (χ4n) is 8.79. The van der Waals surface area contributed by atoms with E-state index in [0.29, 0.717) is 5.56 Å². The van der Waals surface area contributed by atoms with Crippen molar-refractivity contribution < 1.29 is 8.83 Å². The molecule has 0 aliphatic rings. The molecule has 5 nitrogen and oxygen atoms in total. The summed E-state index contributed by atoms with van der Waals surface area (Å²) >= 11 is 0. The van der Waals surface area contributed by atoms with E-state index in [0.717, 1.165) is 99.2 Å². The van der Waals surface area contributed by atoms with E-state index in [1.807, 2.05) is 42.5 Å². The number of rotatable bonds is 3. The highest BCUT2D eigenvalue weighted by Gasteiger charge is 2.22. The van der Waals surface area contributed by atoms with E-state index in [-0.39, 0.29) is 0 Å². The van der Waals surface area contributed by atoms with Crippen molar-refractivity contribution in [3.63, 3.8) is 0 Å². The minimum absolute atomic E-state index is 0.598. The fourth-order valence-corrected chi connectivity index (χ4v) is 8.79. The van der Waals surface area contributed by atoms with Crippen LogP contribution in [0.2, 0.25) is 0 Å². The highest BCUT2D eigenvalue weighted by Crippen LogP contribution is 2.42. The molecule has 0 radical (unpaired) electrons. The van der Waals surface area contributed by atoms with Crippen LogP contribution in [-0.4, -0.2) is 9.13 Å². The highest BCUT2D eigenvalue weighted by molar-refractivity contribution is 6.19. The normalized spacial score (nSPS) is 12.1. The standard InChI is InChI=1S/C49H27N3O2/c50-28-30-10-9-15-32(49(30)52-42-17-6-2-12-34(42)38-25-40-36-14-4-8-19-46(36)54-48(40)27-44(38)52)29-20-22-31(23-21-29)51-41-16-5-1-11-33(41)37-24-39-35-13-3-7-18-45(35)53-47(39)26-43(37)51/h1-27H. The average molecular weight is 690 g/mol. The summed E-state index contributed by atoms with van der Waals surface area (Å²) in [7, 11) is 0. The van der Waals surface area contributed by atoms with Gasteiger partial charge in [0.2, 0.25) is 0 Å². The lowest BCUT2D eigenvalue weighted by molar-refractivity contribution is 0.669. The molecule has 0 saturated carbocycles. The number of hydrogen-bond donors (Lipinski definition) is 0. The van der Waals surface area contributed by atoms with Crippen molar-refractivity contribution in [2.24, 2.45) is 0 Å². The van der Waals surface area contributed by atoms with Crippen LogP contribution in [0.1, 0.15) is 5.56 Å². The van der Waals surface area contributed by atoms with Gasteiger partial charge in [-0.1, -0.05) is 97.1 Å². The van der Waals surface area contributed by atoms with Gasteiger partial charge in [-0.3, -0.25) is 0 Å². The predicted octanol–water partition coefficient (Wildman–Crippen LogP) is 13.2. The molecule has 0 fully saturated rings. The summed E-state index contributed by atoms with van der Waals surface area (Å²) in [6.45, 7) is 0. The molecule has 4 heterocycles. The smallest absolute Gasteiger partial charge is 0.137 e. The van der Waals surface area contributed by atoms with Crippen LogP contribution in [0.15, 0.2) is 173 Å². The van der Waals surface area contributed by atoms with Gasteiger partial charge in [-0.15, -0.1) is 0 Å². The molecule has 0 saturated heterocycles. The Morgan fingerprint density at radius 1 is 0.389 bits per heavy atom. The molecule has 12 aromatic rings. The van der Waals surface area contributed by atoms with Gasteiger partial charge in [0.25, 0.3) is 0 Å². The van der Waals surface area contributed by atoms with E-state index < -0.39 is 0 Å². The van der Waals surface area contributed by atoms with Crippen molar-refractivity contribution >= 4 is 87.5 Å². The average Bonchev–Trinajstić information content (AvgIpc) is 3.96. The first kappa shape index (κ1) is 29.1. The van der Waals surface area contributed by atoms with E-state index in [1.165, 1.54) is 10.8 Å². The van der Waals surface area contributed by atoms with Gasteiger partial charge in [-0.25, -0.2) is 0 Å². The molecule has 250 valence electrons. The SMILES string of the molecule is N#Cc1cccc(-c2ccc(-n3c4ccccc4c4cc5c(cc43)oc3ccccc35)cc2)c1-n1c2ccccc2c2cc3c(cc21)oc1ccccc13. The second-order valence-electron chi connectivity index (χ2n) is 14.0. The van der Waals surface area contributed by atoms with Crippen LogP contribution in [0, 0.1) is 11.3 Å². The number of benzene rings is 8. The summed E-state index contributed by atoms with van der Waals surface area (Å²) in [5.41, 5.74) is 12.2. The molecule has 0 aliphatic carbocycles. The molecule has 0 spiro atoms. The summed E-state index contributed by atoms with van der Waals surface area (Å²) in [6, 6.07) is 59.4. The quantitative estimate of drug-likeness (QED) is 0.185. The van der Waals surface area contributed by atoms with Crippen LogP contribution < -0.4 is 0 Å². The molecule has 5 heteroatoms. The monoisotopic (exact) mass is 689 g/mol. The minimum atomic E-state index is 0.598. The molecular formula is C49H27N3O2. The predicted molar refractivity (Wildman–Crippen MR) is 220 cm³/mol. The van der Waals surface area contributed by atoms with E-state index in [9.17, 15) is 5.26 Å². The van der Waals surface area contributed by atoms with Crippen molar-refractivity contribution in [3.8, 4) is 28.6 Å². The summed E-state index contributed by atoms with van der Waals surface area (Å²) < 4.78 is 17.3. The van der Waals surface area contributed by atoms with Gasteiger partial charge < -0.3 is 18.0 Å². The Kier molecular flexibility index (Phi) is 5.78. The largest absolute Gasteiger partial charge is 0.456 e. The number of para-hydroxylation sites is 5. The Hall–Kier alpha value is -7.55. The van der Waals surface area contributed by atoms with E-state index in [1.54, 1.807) is 0 Å².